The average Bonchev–Trinajstić information content (AvgIpc) is 3.08. The summed E-state index contributed by atoms with van der Waals surface area (Å²) in [6.45, 7) is 6.58. The first-order valence-electron chi connectivity index (χ1n) is 6.47. The fourth-order valence-corrected chi connectivity index (χ4v) is 2.61. The topological polar surface area (TPSA) is 60.9 Å². The molecule has 100 valence electrons. The van der Waals surface area contributed by atoms with Gasteiger partial charge in [-0.05, 0) is 26.2 Å². The van der Waals surface area contributed by atoms with Crippen LogP contribution in [-0.4, -0.2) is 52.1 Å². The smallest absolute Gasteiger partial charge is 0.320 e. The Bertz CT molecular complexity index is 365. The molecular formula is C13H20N2O3. The van der Waals surface area contributed by atoms with Crippen molar-refractivity contribution in [1.82, 2.24) is 9.80 Å². The van der Waals surface area contributed by atoms with Crippen molar-refractivity contribution >= 4 is 12.0 Å². The highest BCUT2D eigenvalue weighted by molar-refractivity contribution is 5.79. The zero-order chi connectivity index (χ0) is 13.3. The van der Waals surface area contributed by atoms with Crippen molar-refractivity contribution in [1.29, 1.82) is 0 Å². The maximum Gasteiger partial charge on any atom is 0.320 e. The monoisotopic (exact) mass is 252 g/mol. The van der Waals surface area contributed by atoms with Gasteiger partial charge in [0.15, 0.2) is 0 Å². The van der Waals surface area contributed by atoms with E-state index in [1.807, 2.05) is 11.8 Å². The van der Waals surface area contributed by atoms with Crippen LogP contribution in [0.25, 0.3) is 0 Å². The van der Waals surface area contributed by atoms with Crippen molar-refractivity contribution in [3.8, 4) is 0 Å². The van der Waals surface area contributed by atoms with Crippen LogP contribution >= 0.6 is 0 Å². The van der Waals surface area contributed by atoms with Gasteiger partial charge in [0.1, 0.15) is 0 Å². The van der Waals surface area contributed by atoms with E-state index >= 15 is 0 Å². The molecule has 2 atom stereocenters. The second kappa shape index (κ2) is 5.00. The standard InChI is InChI=1S/C13H20N2O3/c1-3-7-15(10-4-5-10)13(18)14-8-6-11(9(14)2)12(16)17/h3,9-11H,1,4-8H2,2H3,(H,16,17). The lowest BCUT2D eigenvalue weighted by atomic mass is 10.0. The summed E-state index contributed by atoms with van der Waals surface area (Å²) >= 11 is 0. The number of hydrogen-bond donors (Lipinski definition) is 1. The first-order valence-corrected chi connectivity index (χ1v) is 6.47. The van der Waals surface area contributed by atoms with Crippen LogP contribution in [0, 0.1) is 5.92 Å². The number of rotatable bonds is 4. The van der Waals surface area contributed by atoms with Gasteiger partial charge in [0.2, 0.25) is 0 Å². The first-order chi connectivity index (χ1) is 8.56. The van der Waals surface area contributed by atoms with E-state index in [1.54, 1.807) is 11.0 Å². The number of carbonyl (C=O) groups is 2. The summed E-state index contributed by atoms with van der Waals surface area (Å²) in [5.74, 6) is -1.24. The molecule has 18 heavy (non-hydrogen) atoms. The highest BCUT2D eigenvalue weighted by Gasteiger charge is 2.42. The number of hydrogen-bond acceptors (Lipinski definition) is 2. The molecule has 0 bridgehead atoms. The molecule has 0 radical (unpaired) electrons. The molecule has 1 heterocycles. The van der Waals surface area contributed by atoms with Gasteiger partial charge in [-0.1, -0.05) is 6.08 Å². The number of carbonyl (C=O) groups excluding carboxylic acids is 1. The summed E-state index contributed by atoms with van der Waals surface area (Å²) in [5.41, 5.74) is 0. The fourth-order valence-electron chi connectivity index (χ4n) is 2.61. The number of urea groups is 1. The Labute approximate surface area is 107 Å². The summed E-state index contributed by atoms with van der Waals surface area (Å²) in [6.07, 6.45) is 4.37. The van der Waals surface area contributed by atoms with Gasteiger partial charge in [0.05, 0.1) is 5.92 Å². The predicted octanol–water partition coefficient (Wildman–Crippen LogP) is 1.55. The summed E-state index contributed by atoms with van der Waals surface area (Å²) in [5, 5.41) is 9.08. The molecule has 1 saturated carbocycles. The van der Waals surface area contributed by atoms with E-state index < -0.39 is 11.9 Å². The van der Waals surface area contributed by atoms with Crippen LogP contribution in [-0.2, 0) is 4.79 Å². The third-order valence-corrected chi connectivity index (χ3v) is 3.88. The van der Waals surface area contributed by atoms with Crippen molar-refractivity contribution in [2.45, 2.75) is 38.3 Å². The molecular weight excluding hydrogens is 232 g/mol. The number of likely N-dealkylation sites (tertiary alicyclic amines) is 1. The number of carboxylic acid groups (broad SMARTS) is 1. The molecule has 2 fully saturated rings. The molecule has 2 unspecified atom stereocenters. The maximum atomic E-state index is 12.4. The van der Waals surface area contributed by atoms with Crippen LogP contribution < -0.4 is 0 Å². The molecule has 1 aliphatic heterocycles. The maximum absolute atomic E-state index is 12.4. The van der Waals surface area contributed by atoms with Gasteiger partial charge in [0.25, 0.3) is 0 Å². The van der Waals surface area contributed by atoms with E-state index in [4.69, 9.17) is 5.11 Å². The van der Waals surface area contributed by atoms with Crippen LogP contribution in [0.2, 0.25) is 0 Å². The van der Waals surface area contributed by atoms with Crippen LogP contribution in [0.3, 0.4) is 0 Å². The third kappa shape index (κ3) is 2.35. The quantitative estimate of drug-likeness (QED) is 0.772. The van der Waals surface area contributed by atoms with Gasteiger partial charge in [-0.25, -0.2) is 4.79 Å². The zero-order valence-electron chi connectivity index (χ0n) is 10.7. The third-order valence-electron chi connectivity index (χ3n) is 3.88. The predicted molar refractivity (Wildman–Crippen MR) is 67.2 cm³/mol. The van der Waals surface area contributed by atoms with Crippen LogP contribution in [0.4, 0.5) is 4.79 Å². The molecule has 2 aliphatic rings. The zero-order valence-corrected chi connectivity index (χ0v) is 10.7. The Balaban J connectivity index is 2.04. The minimum atomic E-state index is -0.806. The van der Waals surface area contributed by atoms with Gasteiger partial charge in [-0.15, -0.1) is 6.58 Å². The normalized spacial score (nSPS) is 27.1. The lowest BCUT2D eigenvalue weighted by molar-refractivity contribution is -0.142. The molecule has 1 aliphatic carbocycles. The lowest BCUT2D eigenvalue weighted by Crippen LogP contribution is -2.47. The van der Waals surface area contributed by atoms with Crippen molar-refractivity contribution < 1.29 is 14.7 Å². The Morgan fingerprint density at radius 3 is 2.56 bits per heavy atom. The number of aliphatic carboxylic acids is 1. The molecule has 0 aromatic heterocycles. The summed E-state index contributed by atoms with van der Waals surface area (Å²) in [4.78, 5) is 27.0. The molecule has 5 heteroatoms. The van der Waals surface area contributed by atoms with Gasteiger partial charge < -0.3 is 14.9 Å². The Morgan fingerprint density at radius 2 is 2.11 bits per heavy atom. The molecule has 2 rings (SSSR count). The van der Waals surface area contributed by atoms with Crippen LogP contribution in [0.5, 0.6) is 0 Å². The van der Waals surface area contributed by atoms with Gasteiger partial charge in [0, 0.05) is 25.2 Å². The average molecular weight is 252 g/mol. The Morgan fingerprint density at radius 1 is 1.44 bits per heavy atom. The van der Waals surface area contributed by atoms with E-state index in [0.717, 1.165) is 12.8 Å². The number of nitrogens with zero attached hydrogens (tertiary/aromatic N) is 2. The number of carboxylic acids is 1. The van der Waals surface area contributed by atoms with E-state index in [1.165, 1.54) is 0 Å². The van der Waals surface area contributed by atoms with Crippen LogP contribution in [0.1, 0.15) is 26.2 Å². The fraction of sp³-hybridized carbons (Fsp3) is 0.692. The number of amides is 2. The molecule has 1 N–H and O–H groups in total. The molecule has 0 aromatic carbocycles. The second-order valence-corrected chi connectivity index (χ2v) is 5.12. The molecule has 0 spiro atoms. The SMILES string of the molecule is C=CCN(C(=O)N1CCC(C(=O)O)C1C)C1CC1. The highest BCUT2D eigenvalue weighted by atomic mass is 16.4. The summed E-state index contributed by atoms with van der Waals surface area (Å²) in [7, 11) is 0. The van der Waals surface area contributed by atoms with Crippen molar-refractivity contribution in [3.63, 3.8) is 0 Å². The van der Waals surface area contributed by atoms with Gasteiger partial charge in [-0.3, -0.25) is 4.79 Å². The van der Waals surface area contributed by atoms with Crippen LogP contribution in [0.15, 0.2) is 12.7 Å². The first kappa shape index (κ1) is 12.9. The van der Waals surface area contributed by atoms with Crippen molar-refractivity contribution in [3.05, 3.63) is 12.7 Å². The minimum absolute atomic E-state index is 0.0337. The van der Waals surface area contributed by atoms with Gasteiger partial charge >= 0.3 is 12.0 Å². The van der Waals surface area contributed by atoms with E-state index in [9.17, 15) is 9.59 Å². The molecule has 1 saturated heterocycles. The van der Waals surface area contributed by atoms with Crippen molar-refractivity contribution in [2.75, 3.05) is 13.1 Å². The highest BCUT2D eigenvalue weighted by Crippen LogP contribution is 2.31. The lowest BCUT2D eigenvalue weighted by Gasteiger charge is -2.30. The Kier molecular flexibility index (Phi) is 3.59. The molecule has 5 nitrogen and oxygen atoms in total. The van der Waals surface area contributed by atoms with Crippen molar-refractivity contribution in [2.24, 2.45) is 5.92 Å². The van der Waals surface area contributed by atoms with E-state index in [2.05, 4.69) is 6.58 Å². The largest absolute Gasteiger partial charge is 0.481 e. The summed E-state index contributed by atoms with van der Waals surface area (Å²) in [6, 6.07) is 0.0706. The van der Waals surface area contributed by atoms with E-state index in [0.29, 0.717) is 25.6 Å². The minimum Gasteiger partial charge on any atom is -0.481 e. The second-order valence-electron chi connectivity index (χ2n) is 5.12. The molecule has 2 amide bonds. The van der Waals surface area contributed by atoms with Gasteiger partial charge in [-0.2, -0.15) is 0 Å². The molecule has 0 aromatic rings. The summed E-state index contributed by atoms with van der Waals surface area (Å²) < 4.78 is 0. The Hall–Kier alpha value is -1.52. The van der Waals surface area contributed by atoms with E-state index in [-0.39, 0.29) is 12.1 Å².